The maximum Gasteiger partial charge on any atom is 0.353 e. The Bertz CT molecular complexity index is 436. The van der Waals surface area contributed by atoms with Crippen LogP contribution in [0.2, 0.25) is 0 Å². The molecule has 2 aliphatic rings. The fourth-order valence-electron chi connectivity index (χ4n) is 2.73. The molecular formula is C11H12N2O2. The monoisotopic (exact) mass is 204 g/mol. The molecule has 1 heterocycles. The average Bonchev–Trinajstić information content (AvgIpc) is 2.93. The van der Waals surface area contributed by atoms with Gasteiger partial charge in [0.25, 0.3) is 0 Å². The summed E-state index contributed by atoms with van der Waals surface area (Å²) >= 11 is 0. The van der Waals surface area contributed by atoms with Crippen molar-refractivity contribution in [1.29, 1.82) is 0 Å². The highest BCUT2D eigenvalue weighted by Crippen LogP contribution is 2.47. The molecule has 1 unspecified atom stereocenters. The number of hydrogen-bond acceptors (Lipinski definition) is 2. The SMILES string of the molecule is O=C(O)c1cnc([C@H]2CC3C=C[C@@H]2C3)[nH]1. The van der Waals surface area contributed by atoms with Gasteiger partial charge in [-0.2, -0.15) is 0 Å². The van der Waals surface area contributed by atoms with E-state index in [9.17, 15) is 4.79 Å². The molecule has 3 rings (SSSR count). The Morgan fingerprint density at radius 1 is 1.47 bits per heavy atom. The van der Waals surface area contributed by atoms with Crippen LogP contribution < -0.4 is 0 Å². The number of rotatable bonds is 2. The standard InChI is InChI=1S/C11H12N2O2/c14-11(15)9-5-12-10(13-9)8-4-6-1-2-7(8)3-6/h1-2,5-8H,3-4H2,(H,12,13)(H,14,15)/t6?,7-,8+/m1/s1. The number of carboxylic acid groups (broad SMARTS) is 1. The minimum absolute atomic E-state index is 0.191. The second-order valence-electron chi connectivity index (χ2n) is 4.37. The zero-order chi connectivity index (χ0) is 10.4. The number of imidazole rings is 1. The van der Waals surface area contributed by atoms with E-state index in [0.29, 0.717) is 17.8 Å². The fraction of sp³-hybridized carbons (Fsp3) is 0.455. The van der Waals surface area contributed by atoms with Crippen molar-refractivity contribution in [1.82, 2.24) is 9.97 Å². The van der Waals surface area contributed by atoms with Crippen LogP contribution >= 0.6 is 0 Å². The van der Waals surface area contributed by atoms with Crippen LogP contribution in [0.15, 0.2) is 18.3 Å². The van der Waals surface area contributed by atoms with Crippen molar-refractivity contribution in [2.24, 2.45) is 11.8 Å². The molecule has 0 radical (unpaired) electrons. The molecule has 4 heteroatoms. The first-order valence-electron chi connectivity index (χ1n) is 5.20. The number of H-pyrrole nitrogens is 1. The number of fused-ring (bicyclic) bond motifs is 2. The van der Waals surface area contributed by atoms with Gasteiger partial charge in [0.05, 0.1) is 6.20 Å². The van der Waals surface area contributed by atoms with E-state index in [0.717, 1.165) is 12.2 Å². The number of carbonyl (C=O) groups is 1. The lowest BCUT2D eigenvalue weighted by molar-refractivity contribution is 0.0691. The van der Waals surface area contributed by atoms with Gasteiger partial charge in [-0.15, -0.1) is 0 Å². The minimum atomic E-state index is -0.938. The van der Waals surface area contributed by atoms with Crippen LogP contribution in [0.3, 0.4) is 0 Å². The summed E-state index contributed by atoms with van der Waals surface area (Å²) < 4.78 is 0. The van der Waals surface area contributed by atoms with E-state index in [1.54, 1.807) is 0 Å². The van der Waals surface area contributed by atoms with Crippen molar-refractivity contribution in [2.45, 2.75) is 18.8 Å². The summed E-state index contributed by atoms with van der Waals surface area (Å²) in [7, 11) is 0. The van der Waals surface area contributed by atoms with Crippen molar-refractivity contribution in [2.75, 3.05) is 0 Å². The highest BCUT2D eigenvalue weighted by Gasteiger charge is 2.38. The van der Waals surface area contributed by atoms with Gasteiger partial charge in [-0.05, 0) is 24.7 Å². The van der Waals surface area contributed by atoms with Gasteiger partial charge in [0.1, 0.15) is 11.5 Å². The molecule has 0 aliphatic heterocycles. The van der Waals surface area contributed by atoms with Gasteiger partial charge < -0.3 is 10.1 Å². The third kappa shape index (κ3) is 1.28. The van der Waals surface area contributed by atoms with Crippen LogP contribution in [0.4, 0.5) is 0 Å². The van der Waals surface area contributed by atoms with Gasteiger partial charge in [0.15, 0.2) is 0 Å². The minimum Gasteiger partial charge on any atom is -0.477 e. The lowest BCUT2D eigenvalue weighted by atomic mass is 9.93. The molecule has 0 saturated heterocycles. The van der Waals surface area contributed by atoms with Crippen LogP contribution in [-0.4, -0.2) is 21.0 Å². The van der Waals surface area contributed by atoms with E-state index in [2.05, 4.69) is 22.1 Å². The Hall–Kier alpha value is -1.58. The first-order chi connectivity index (χ1) is 7.24. The van der Waals surface area contributed by atoms with Crippen LogP contribution in [0.25, 0.3) is 0 Å². The molecule has 78 valence electrons. The van der Waals surface area contributed by atoms with E-state index in [1.165, 1.54) is 12.6 Å². The Balaban J connectivity index is 1.87. The Labute approximate surface area is 87.0 Å². The lowest BCUT2D eigenvalue weighted by Crippen LogP contribution is -2.07. The van der Waals surface area contributed by atoms with Crippen molar-refractivity contribution in [3.8, 4) is 0 Å². The van der Waals surface area contributed by atoms with Crippen molar-refractivity contribution in [3.63, 3.8) is 0 Å². The van der Waals surface area contributed by atoms with E-state index >= 15 is 0 Å². The van der Waals surface area contributed by atoms with Gasteiger partial charge in [0.2, 0.25) is 0 Å². The van der Waals surface area contributed by atoms with Crippen molar-refractivity contribution < 1.29 is 9.90 Å². The lowest BCUT2D eigenvalue weighted by Gasteiger charge is -2.14. The number of nitrogens with zero attached hydrogens (tertiary/aromatic N) is 1. The molecule has 0 aromatic carbocycles. The predicted octanol–water partition coefficient (Wildman–Crippen LogP) is 1.79. The molecule has 2 bridgehead atoms. The fourth-order valence-corrected chi connectivity index (χ4v) is 2.73. The van der Waals surface area contributed by atoms with Gasteiger partial charge in [-0.1, -0.05) is 12.2 Å². The maximum atomic E-state index is 10.7. The molecule has 1 aromatic rings. The number of aromatic nitrogens is 2. The van der Waals surface area contributed by atoms with E-state index in [-0.39, 0.29) is 5.69 Å². The van der Waals surface area contributed by atoms with Gasteiger partial charge in [-0.25, -0.2) is 9.78 Å². The average molecular weight is 204 g/mol. The van der Waals surface area contributed by atoms with Crippen LogP contribution in [-0.2, 0) is 0 Å². The molecule has 0 amide bonds. The van der Waals surface area contributed by atoms with Gasteiger partial charge >= 0.3 is 5.97 Å². The maximum absolute atomic E-state index is 10.7. The summed E-state index contributed by atoms with van der Waals surface area (Å²) in [6, 6.07) is 0. The van der Waals surface area contributed by atoms with E-state index < -0.39 is 5.97 Å². The van der Waals surface area contributed by atoms with E-state index in [4.69, 9.17) is 5.11 Å². The molecule has 2 N–H and O–H groups in total. The Morgan fingerprint density at radius 3 is 2.87 bits per heavy atom. The largest absolute Gasteiger partial charge is 0.477 e. The molecule has 3 atom stereocenters. The third-order valence-electron chi connectivity index (χ3n) is 3.46. The number of allylic oxidation sites excluding steroid dienone is 2. The van der Waals surface area contributed by atoms with Crippen molar-refractivity contribution >= 4 is 5.97 Å². The molecule has 0 spiro atoms. The summed E-state index contributed by atoms with van der Waals surface area (Å²) in [6.45, 7) is 0. The number of aromatic carboxylic acids is 1. The quantitative estimate of drug-likeness (QED) is 0.722. The highest BCUT2D eigenvalue weighted by atomic mass is 16.4. The second kappa shape index (κ2) is 2.95. The zero-order valence-corrected chi connectivity index (χ0v) is 8.18. The summed E-state index contributed by atoms with van der Waals surface area (Å²) in [4.78, 5) is 17.8. The molecule has 1 saturated carbocycles. The predicted molar refractivity (Wildman–Crippen MR) is 53.6 cm³/mol. The molecule has 1 aromatic heterocycles. The first-order valence-corrected chi connectivity index (χ1v) is 5.20. The number of aromatic amines is 1. The van der Waals surface area contributed by atoms with Gasteiger partial charge in [0, 0.05) is 5.92 Å². The normalized spacial score (nSPS) is 32.4. The zero-order valence-electron chi connectivity index (χ0n) is 8.18. The molecule has 2 aliphatic carbocycles. The topological polar surface area (TPSA) is 66.0 Å². The molecule has 4 nitrogen and oxygen atoms in total. The molecule has 15 heavy (non-hydrogen) atoms. The third-order valence-corrected chi connectivity index (χ3v) is 3.46. The second-order valence-corrected chi connectivity index (χ2v) is 4.37. The first kappa shape index (κ1) is 8.71. The molecule has 1 fully saturated rings. The Kier molecular flexibility index (Phi) is 1.71. The van der Waals surface area contributed by atoms with Gasteiger partial charge in [-0.3, -0.25) is 0 Å². The van der Waals surface area contributed by atoms with Crippen LogP contribution in [0, 0.1) is 11.8 Å². The summed E-state index contributed by atoms with van der Waals surface area (Å²) in [5.74, 6) is 1.53. The summed E-state index contributed by atoms with van der Waals surface area (Å²) in [5.41, 5.74) is 0.191. The smallest absolute Gasteiger partial charge is 0.353 e. The highest BCUT2D eigenvalue weighted by molar-refractivity contribution is 5.85. The number of hydrogen-bond donors (Lipinski definition) is 2. The van der Waals surface area contributed by atoms with Crippen LogP contribution in [0.5, 0.6) is 0 Å². The van der Waals surface area contributed by atoms with Crippen molar-refractivity contribution in [3.05, 3.63) is 29.9 Å². The summed E-state index contributed by atoms with van der Waals surface area (Å²) in [5, 5.41) is 8.79. The number of carboxylic acids is 1. The summed E-state index contributed by atoms with van der Waals surface area (Å²) in [6.07, 6.45) is 8.22. The number of nitrogens with one attached hydrogen (secondary N) is 1. The van der Waals surface area contributed by atoms with E-state index in [1.807, 2.05) is 0 Å². The molecular weight excluding hydrogens is 192 g/mol. The van der Waals surface area contributed by atoms with Crippen LogP contribution in [0.1, 0.15) is 35.1 Å². The Morgan fingerprint density at radius 2 is 2.33 bits per heavy atom.